The van der Waals surface area contributed by atoms with Crippen molar-refractivity contribution in [3.63, 3.8) is 0 Å². The predicted octanol–water partition coefficient (Wildman–Crippen LogP) is 6.68. The molecule has 7 heteroatoms. The molecule has 156 valence electrons. The lowest BCUT2D eigenvalue weighted by Crippen LogP contribution is -1.94. The normalized spacial score (nSPS) is 11.0. The van der Waals surface area contributed by atoms with Crippen LogP contribution in [0.2, 0.25) is 5.02 Å². The third kappa shape index (κ3) is 5.05. The molecule has 0 spiro atoms. The quantitative estimate of drug-likeness (QED) is 0.244. The van der Waals surface area contributed by atoms with Crippen molar-refractivity contribution in [2.45, 2.75) is 6.92 Å². The van der Waals surface area contributed by atoms with Crippen molar-refractivity contribution in [3.05, 3.63) is 83.4 Å². The van der Waals surface area contributed by atoms with Gasteiger partial charge in [0.2, 0.25) is 5.13 Å². The van der Waals surface area contributed by atoms with Crippen LogP contribution in [0.1, 0.15) is 12.5 Å². The van der Waals surface area contributed by atoms with Crippen molar-refractivity contribution in [1.82, 2.24) is 4.98 Å². The molecule has 31 heavy (non-hydrogen) atoms. The molecular weight excluding hydrogens is 430 g/mol. The Kier molecular flexibility index (Phi) is 6.50. The van der Waals surface area contributed by atoms with Crippen molar-refractivity contribution >= 4 is 34.3 Å². The van der Waals surface area contributed by atoms with E-state index in [1.807, 2.05) is 49.4 Å². The van der Waals surface area contributed by atoms with E-state index in [0.717, 1.165) is 27.3 Å². The number of hydrogen-bond acceptors (Lipinski definition) is 6. The third-order valence-electron chi connectivity index (χ3n) is 4.44. The lowest BCUT2D eigenvalue weighted by Gasteiger charge is -2.05. The second kappa shape index (κ2) is 9.64. The highest BCUT2D eigenvalue weighted by atomic mass is 35.5. The van der Waals surface area contributed by atoms with Gasteiger partial charge in [-0.1, -0.05) is 65.4 Å². The third-order valence-corrected chi connectivity index (χ3v) is 5.70. The highest BCUT2D eigenvalue weighted by molar-refractivity contribution is 7.19. The number of benzene rings is 3. The monoisotopic (exact) mass is 449 g/mol. The summed E-state index contributed by atoms with van der Waals surface area (Å²) in [6, 6.07) is 22.8. The minimum absolute atomic E-state index is 0.104. The number of ether oxygens (including phenoxy) is 1. The van der Waals surface area contributed by atoms with Crippen LogP contribution in [0, 0.1) is 0 Å². The molecule has 0 bridgehead atoms. The number of aromatic hydroxyl groups is 1. The van der Waals surface area contributed by atoms with Gasteiger partial charge in [0.15, 0.2) is 11.5 Å². The maximum atomic E-state index is 9.83. The second-order valence-electron chi connectivity index (χ2n) is 6.60. The first-order valence-corrected chi connectivity index (χ1v) is 10.9. The molecule has 3 aromatic carbocycles. The fraction of sp³-hybridized carbons (Fsp3) is 0.0833. The highest BCUT2D eigenvalue weighted by Crippen LogP contribution is 2.39. The topological polar surface area (TPSA) is 66.7 Å². The Labute approximate surface area is 189 Å². The lowest BCUT2D eigenvalue weighted by molar-refractivity contribution is 0.318. The Morgan fingerprint density at radius 1 is 1.06 bits per heavy atom. The molecule has 0 aliphatic rings. The van der Waals surface area contributed by atoms with Crippen molar-refractivity contribution in [2.24, 2.45) is 5.10 Å². The number of anilines is 1. The Morgan fingerprint density at radius 3 is 2.58 bits per heavy atom. The van der Waals surface area contributed by atoms with Crippen LogP contribution in [0.5, 0.6) is 11.5 Å². The SMILES string of the molecule is CCOc1cc(/C=N\Nc2nc(-c3ccc(Cl)cc3)c(-c3ccccc3)s2)ccc1O. The predicted molar refractivity (Wildman–Crippen MR) is 128 cm³/mol. The Morgan fingerprint density at radius 2 is 1.84 bits per heavy atom. The van der Waals surface area contributed by atoms with Gasteiger partial charge >= 0.3 is 0 Å². The first-order chi connectivity index (χ1) is 15.1. The number of phenolic OH excluding ortho intramolecular Hbond substituents is 1. The van der Waals surface area contributed by atoms with E-state index in [1.54, 1.807) is 24.4 Å². The van der Waals surface area contributed by atoms with Gasteiger partial charge < -0.3 is 9.84 Å². The van der Waals surface area contributed by atoms with Gasteiger partial charge in [-0.2, -0.15) is 5.10 Å². The maximum Gasteiger partial charge on any atom is 0.204 e. The molecule has 1 heterocycles. The molecule has 5 nitrogen and oxygen atoms in total. The van der Waals surface area contributed by atoms with E-state index >= 15 is 0 Å². The van der Waals surface area contributed by atoms with Gasteiger partial charge in [0.1, 0.15) is 0 Å². The molecule has 2 N–H and O–H groups in total. The number of nitrogens with one attached hydrogen (secondary N) is 1. The Bertz CT molecular complexity index is 1190. The lowest BCUT2D eigenvalue weighted by atomic mass is 10.1. The van der Waals surface area contributed by atoms with Gasteiger partial charge in [-0.3, -0.25) is 5.43 Å². The summed E-state index contributed by atoms with van der Waals surface area (Å²) in [5, 5.41) is 15.5. The Balaban J connectivity index is 1.61. The van der Waals surface area contributed by atoms with E-state index in [4.69, 9.17) is 21.3 Å². The summed E-state index contributed by atoms with van der Waals surface area (Å²) in [5.41, 5.74) is 6.75. The van der Waals surface area contributed by atoms with E-state index in [0.29, 0.717) is 22.5 Å². The standard InChI is InChI=1S/C24H20ClN3O2S/c1-2-30-21-14-16(8-13-20(21)29)15-26-28-24-27-22(17-9-11-19(25)12-10-17)23(31-24)18-6-4-3-5-7-18/h3-15,29H,2H2,1H3,(H,27,28)/b26-15-. The van der Waals surface area contributed by atoms with E-state index in [1.165, 1.54) is 11.3 Å². The van der Waals surface area contributed by atoms with Gasteiger partial charge in [0, 0.05) is 10.6 Å². The zero-order chi connectivity index (χ0) is 21.6. The van der Waals surface area contributed by atoms with Crippen LogP contribution >= 0.6 is 22.9 Å². The van der Waals surface area contributed by atoms with Crippen LogP contribution in [-0.4, -0.2) is 22.9 Å². The van der Waals surface area contributed by atoms with Gasteiger partial charge in [-0.25, -0.2) is 4.98 Å². The first kappa shape index (κ1) is 20.9. The van der Waals surface area contributed by atoms with E-state index in [2.05, 4.69) is 22.7 Å². The van der Waals surface area contributed by atoms with Crippen molar-refractivity contribution in [1.29, 1.82) is 0 Å². The van der Waals surface area contributed by atoms with Crippen molar-refractivity contribution in [2.75, 3.05) is 12.0 Å². The van der Waals surface area contributed by atoms with Crippen LogP contribution in [0.15, 0.2) is 77.9 Å². The number of aromatic nitrogens is 1. The average molecular weight is 450 g/mol. The molecule has 0 unspecified atom stereocenters. The second-order valence-corrected chi connectivity index (χ2v) is 8.04. The van der Waals surface area contributed by atoms with Gasteiger partial charge in [-0.05, 0) is 48.4 Å². The zero-order valence-corrected chi connectivity index (χ0v) is 18.3. The molecule has 0 fully saturated rings. The van der Waals surface area contributed by atoms with Crippen LogP contribution in [0.4, 0.5) is 5.13 Å². The molecule has 0 aliphatic carbocycles. The summed E-state index contributed by atoms with van der Waals surface area (Å²) in [6.45, 7) is 2.34. The minimum Gasteiger partial charge on any atom is -0.504 e. The van der Waals surface area contributed by atoms with E-state index in [-0.39, 0.29) is 5.75 Å². The molecule has 0 atom stereocenters. The summed E-state index contributed by atoms with van der Waals surface area (Å²) < 4.78 is 5.42. The molecule has 0 radical (unpaired) electrons. The number of rotatable bonds is 7. The number of nitrogens with zero attached hydrogens (tertiary/aromatic N) is 2. The van der Waals surface area contributed by atoms with Crippen LogP contribution in [0.25, 0.3) is 21.7 Å². The number of halogens is 1. The molecule has 4 aromatic rings. The molecule has 1 aromatic heterocycles. The number of thiazole rings is 1. The molecular formula is C24H20ClN3O2S. The van der Waals surface area contributed by atoms with Crippen molar-refractivity contribution in [3.8, 4) is 33.2 Å². The highest BCUT2D eigenvalue weighted by Gasteiger charge is 2.14. The smallest absolute Gasteiger partial charge is 0.204 e. The summed E-state index contributed by atoms with van der Waals surface area (Å²) in [5.74, 6) is 0.532. The molecule has 0 saturated carbocycles. The molecule has 0 amide bonds. The molecule has 4 rings (SSSR count). The number of hydrogen-bond donors (Lipinski definition) is 2. The molecule has 0 saturated heterocycles. The summed E-state index contributed by atoms with van der Waals surface area (Å²) in [6.07, 6.45) is 1.66. The minimum atomic E-state index is 0.104. The summed E-state index contributed by atoms with van der Waals surface area (Å²) in [4.78, 5) is 5.81. The van der Waals surface area contributed by atoms with Crippen LogP contribution < -0.4 is 10.2 Å². The van der Waals surface area contributed by atoms with Gasteiger partial charge in [-0.15, -0.1) is 0 Å². The average Bonchev–Trinajstić information content (AvgIpc) is 3.21. The maximum absolute atomic E-state index is 9.83. The summed E-state index contributed by atoms with van der Waals surface area (Å²) >= 11 is 7.58. The molecule has 0 aliphatic heterocycles. The Hall–Kier alpha value is -3.35. The van der Waals surface area contributed by atoms with E-state index in [9.17, 15) is 5.11 Å². The van der Waals surface area contributed by atoms with Crippen LogP contribution in [-0.2, 0) is 0 Å². The van der Waals surface area contributed by atoms with Gasteiger partial charge in [0.25, 0.3) is 0 Å². The van der Waals surface area contributed by atoms with E-state index < -0.39 is 0 Å². The van der Waals surface area contributed by atoms with Crippen LogP contribution in [0.3, 0.4) is 0 Å². The fourth-order valence-corrected chi connectivity index (χ4v) is 4.07. The number of hydrazone groups is 1. The van der Waals surface area contributed by atoms with Crippen molar-refractivity contribution < 1.29 is 9.84 Å². The van der Waals surface area contributed by atoms with Gasteiger partial charge in [0.05, 0.1) is 23.4 Å². The zero-order valence-electron chi connectivity index (χ0n) is 16.7. The summed E-state index contributed by atoms with van der Waals surface area (Å²) in [7, 11) is 0. The first-order valence-electron chi connectivity index (χ1n) is 9.71. The number of phenols is 1. The largest absolute Gasteiger partial charge is 0.504 e. The fourth-order valence-electron chi connectivity index (χ4n) is 3.00.